The predicted molar refractivity (Wildman–Crippen MR) is 56.9 cm³/mol. The van der Waals surface area contributed by atoms with E-state index in [0.717, 1.165) is 0 Å². The summed E-state index contributed by atoms with van der Waals surface area (Å²) in [5.74, 6) is 0. The van der Waals surface area contributed by atoms with E-state index < -0.39 is 0 Å². The summed E-state index contributed by atoms with van der Waals surface area (Å²) in [4.78, 5) is 3.38. The minimum Gasteiger partial charge on any atom is -1.00 e. The maximum absolute atomic E-state index is 3.38. The number of fused-ring (bicyclic) bond motifs is 3. The van der Waals surface area contributed by atoms with Gasteiger partial charge in [-0.3, -0.25) is 0 Å². The second-order valence-corrected chi connectivity index (χ2v) is 3.22. The molecule has 1 nitrogen and oxygen atoms in total. The number of nitrogens with one attached hydrogen (secondary N) is 1. The second-order valence-electron chi connectivity index (χ2n) is 3.22. The molecule has 14 heavy (non-hydrogen) atoms. The van der Waals surface area contributed by atoms with Crippen molar-refractivity contribution < 1.29 is 31.0 Å². The van der Waals surface area contributed by atoms with Crippen LogP contribution in [0.4, 0.5) is 0 Å². The molecule has 0 amide bonds. The molecule has 2 heteroatoms. The molecule has 64 valence electrons. The number of para-hydroxylation sites is 2. The Bertz CT molecular complexity index is 523. The van der Waals surface area contributed by atoms with Crippen molar-refractivity contribution >= 4 is 21.8 Å². The van der Waals surface area contributed by atoms with Gasteiger partial charge in [-0.2, -0.15) is 0 Å². The van der Waals surface area contributed by atoms with Crippen LogP contribution in [0.2, 0.25) is 0 Å². The summed E-state index contributed by atoms with van der Waals surface area (Å²) >= 11 is 0. The van der Waals surface area contributed by atoms with Crippen molar-refractivity contribution in [2.75, 3.05) is 0 Å². The number of aromatic amines is 1. The molecule has 0 aliphatic heterocycles. The Labute approximate surface area is 106 Å². The Hall–Kier alpha value is -0.760. The fourth-order valence-electron chi connectivity index (χ4n) is 1.80. The van der Waals surface area contributed by atoms with Gasteiger partial charge in [-0.1, -0.05) is 36.4 Å². The number of rotatable bonds is 0. The van der Waals surface area contributed by atoms with Crippen molar-refractivity contribution in [3.8, 4) is 0 Å². The summed E-state index contributed by atoms with van der Waals surface area (Å²) in [5, 5.41) is 2.61. The summed E-state index contributed by atoms with van der Waals surface area (Å²) in [6.45, 7) is 0. The van der Waals surface area contributed by atoms with Crippen LogP contribution in [0, 0.1) is 0 Å². The molecule has 0 aliphatic rings. The molecule has 0 atom stereocenters. The number of hydrogen-bond donors (Lipinski definition) is 1. The van der Waals surface area contributed by atoms with Crippen LogP contribution in [-0.4, -0.2) is 4.98 Å². The summed E-state index contributed by atoms with van der Waals surface area (Å²) in [7, 11) is 0. The second kappa shape index (κ2) is 3.77. The van der Waals surface area contributed by atoms with E-state index in [0.29, 0.717) is 0 Å². The third-order valence-electron chi connectivity index (χ3n) is 2.41. The molecule has 0 bridgehead atoms. The SMILES string of the molecule is [H-].[Na+].c1ccc2c(c1)[nH]c1ccccc12. The third kappa shape index (κ3) is 1.38. The number of H-pyrrole nitrogens is 1. The van der Waals surface area contributed by atoms with Crippen LogP contribution in [0.25, 0.3) is 21.8 Å². The van der Waals surface area contributed by atoms with Gasteiger partial charge in [0, 0.05) is 21.8 Å². The molecule has 3 aromatic rings. The van der Waals surface area contributed by atoms with Crippen molar-refractivity contribution in [2.45, 2.75) is 0 Å². The quantitative estimate of drug-likeness (QED) is 0.496. The molecule has 1 aromatic heterocycles. The summed E-state index contributed by atoms with van der Waals surface area (Å²) in [6.07, 6.45) is 0. The van der Waals surface area contributed by atoms with Gasteiger partial charge >= 0.3 is 29.6 Å². The van der Waals surface area contributed by atoms with Gasteiger partial charge in [0.15, 0.2) is 0 Å². The van der Waals surface area contributed by atoms with Crippen molar-refractivity contribution in [1.29, 1.82) is 0 Å². The Balaban J connectivity index is 0.000000562. The molecule has 0 spiro atoms. The van der Waals surface area contributed by atoms with Gasteiger partial charge in [0.2, 0.25) is 0 Å². The van der Waals surface area contributed by atoms with Gasteiger partial charge in [0.05, 0.1) is 0 Å². The zero-order chi connectivity index (χ0) is 8.67. The Morgan fingerprint density at radius 2 is 1.14 bits per heavy atom. The molecular weight excluding hydrogens is 181 g/mol. The Morgan fingerprint density at radius 1 is 0.714 bits per heavy atom. The van der Waals surface area contributed by atoms with Crippen LogP contribution in [0.3, 0.4) is 0 Å². The van der Waals surface area contributed by atoms with Crippen LogP contribution < -0.4 is 29.6 Å². The number of hydrogen-bond acceptors (Lipinski definition) is 0. The van der Waals surface area contributed by atoms with Gasteiger partial charge in [-0.15, -0.1) is 0 Å². The fraction of sp³-hybridized carbons (Fsp3) is 0. The fourth-order valence-corrected chi connectivity index (χ4v) is 1.80. The monoisotopic (exact) mass is 191 g/mol. The summed E-state index contributed by atoms with van der Waals surface area (Å²) < 4.78 is 0. The van der Waals surface area contributed by atoms with E-state index in [9.17, 15) is 0 Å². The summed E-state index contributed by atoms with van der Waals surface area (Å²) in [6, 6.07) is 16.8. The van der Waals surface area contributed by atoms with Crippen LogP contribution in [0.5, 0.6) is 0 Å². The van der Waals surface area contributed by atoms with E-state index in [2.05, 4.69) is 53.5 Å². The van der Waals surface area contributed by atoms with Crippen LogP contribution in [-0.2, 0) is 0 Å². The van der Waals surface area contributed by atoms with Gasteiger partial charge in [-0.05, 0) is 12.1 Å². The van der Waals surface area contributed by atoms with Gasteiger partial charge in [0.25, 0.3) is 0 Å². The first-order valence-electron chi connectivity index (χ1n) is 4.40. The van der Waals surface area contributed by atoms with Gasteiger partial charge in [-0.25, -0.2) is 0 Å². The molecule has 0 aliphatic carbocycles. The molecule has 1 N–H and O–H groups in total. The smallest absolute Gasteiger partial charge is 1.00 e. The average molecular weight is 191 g/mol. The Kier molecular flexibility index (Phi) is 2.64. The third-order valence-corrected chi connectivity index (χ3v) is 2.41. The Morgan fingerprint density at radius 3 is 1.64 bits per heavy atom. The van der Waals surface area contributed by atoms with E-state index in [-0.39, 0.29) is 31.0 Å². The average Bonchev–Trinajstić information content (AvgIpc) is 2.56. The van der Waals surface area contributed by atoms with E-state index in [1.165, 1.54) is 21.8 Å². The topological polar surface area (TPSA) is 15.8 Å². The largest absolute Gasteiger partial charge is 1.00 e. The first-order chi connectivity index (χ1) is 6.45. The van der Waals surface area contributed by atoms with Crippen LogP contribution >= 0.6 is 0 Å². The van der Waals surface area contributed by atoms with Gasteiger partial charge in [0.1, 0.15) is 0 Å². The molecular formula is C12H10NNa. The van der Waals surface area contributed by atoms with Crippen molar-refractivity contribution in [3.63, 3.8) is 0 Å². The van der Waals surface area contributed by atoms with Crippen molar-refractivity contribution in [2.24, 2.45) is 0 Å². The zero-order valence-electron chi connectivity index (χ0n) is 9.12. The maximum Gasteiger partial charge on any atom is 1.00 e. The summed E-state index contributed by atoms with van der Waals surface area (Å²) in [5.41, 5.74) is 2.42. The number of aromatic nitrogens is 1. The van der Waals surface area contributed by atoms with Crippen LogP contribution in [0.1, 0.15) is 1.43 Å². The number of benzene rings is 2. The zero-order valence-corrected chi connectivity index (χ0v) is 10.1. The molecule has 2 aromatic carbocycles. The molecule has 0 saturated heterocycles. The first kappa shape index (κ1) is 9.78. The molecule has 1 heterocycles. The molecule has 0 fully saturated rings. The van der Waals surface area contributed by atoms with Gasteiger partial charge < -0.3 is 6.41 Å². The van der Waals surface area contributed by atoms with E-state index in [1.807, 2.05) is 0 Å². The molecule has 3 rings (SSSR count). The molecule has 0 saturated carbocycles. The van der Waals surface area contributed by atoms with E-state index in [4.69, 9.17) is 0 Å². The maximum atomic E-state index is 3.38. The molecule has 0 unspecified atom stereocenters. The van der Waals surface area contributed by atoms with Crippen molar-refractivity contribution in [3.05, 3.63) is 48.5 Å². The minimum atomic E-state index is 0. The normalized spacial score (nSPS) is 10.3. The molecule has 0 radical (unpaired) electrons. The van der Waals surface area contributed by atoms with Crippen molar-refractivity contribution in [1.82, 2.24) is 4.98 Å². The first-order valence-corrected chi connectivity index (χ1v) is 4.40. The predicted octanol–water partition coefficient (Wildman–Crippen LogP) is 0.438. The standard InChI is InChI=1S/C12H9N.Na.H/c1-3-7-11-9(5-1)10-6-2-4-8-12(10)13-11;;/h1-8,13H;;/q;+1;-1. The van der Waals surface area contributed by atoms with Crippen LogP contribution in [0.15, 0.2) is 48.5 Å². The van der Waals surface area contributed by atoms with E-state index in [1.54, 1.807) is 0 Å². The minimum absolute atomic E-state index is 0. The van der Waals surface area contributed by atoms with E-state index >= 15 is 0 Å².